The largest absolute Gasteiger partial charge is 0.490 e. The van der Waals surface area contributed by atoms with E-state index in [2.05, 4.69) is 0 Å². The maximum absolute atomic E-state index is 12.8. The molecule has 0 spiro atoms. The molecule has 0 radical (unpaired) electrons. The molecule has 0 bridgehead atoms. The fourth-order valence-electron chi connectivity index (χ4n) is 3.13. The van der Waals surface area contributed by atoms with E-state index >= 15 is 0 Å². The summed E-state index contributed by atoms with van der Waals surface area (Å²) in [5.74, 6) is 0.754. The maximum atomic E-state index is 12.8. The minimum absolute atomic E-state index is 0.0415. The third-order valence-electron chi connectivity index (χ3n) is 4.61. The number of nitrogens with zero attached hydrogens (tertiary/aromatic N) is 2. The Bertz CT molecular complexity index is 971. The smallest absolute Gasteiger partial charge is 0.312 e. The zero-order chi connectivity index (χ0) is 20.9. The normalized spacial score (nSPS) is 15.1. The van der Waals surface area contributed by atoms with Gasteiger partial charge in [-0.15, -0.1) is 0 Å². The molecule has 3 rings (SSSR count). The topological polar surface area (TPSA) is 99.0 Å². The summed E-state index contributed by atoms with van der Waals surface area (Å²) in [7, 11) is -3.78. The van der Waals surface area contributed by atoms with Gasteiger partial charge in [-0.05, 0) is 43.5 Å². The van der Waals surface area contributed by atoms with Crippen LogP contribution in [-0.4, -0.2) is 37.3 Å². The Morgan fingerprint density at radius 2 is 1.72 bits per heavy atom. The number of rotatable bonds is 8. The molecule has 1 saturated heterocycles. The average Bonchev–Trinajstić information content (AvgIpc) is 2.73. The lowest BCUT2D eigenvalue weighted by molar-refractivity contribution is -0.385. The van der Waals surface area contributed by atoms with Gasteiger partial charge in [0.1, 0.15) is 0 Å². The Morgan fingerprint density at radius 3 is 2.38 bits per heavy atom. The first-order chi connectivity index (χ1) is 13.9. The van der Waals surface area contributed by atoms with E-state index in [1.807, 2.05) is 6.92 Å². The second kappa shape index (κ2) is 9.23. The van der Waals surface area contributed by atoms with E-state index in [9.17, 15) is 18.5 Å². The molecule has 0 unspecified atom stereocenters. The second-order valence-corrected chi connectivity index (χ2v) is 8.69. The zero-order valence-corrected chi connectivity index (χ0v) is 17.1. The van der Waals surface area contributed by atoms with Crippen LogP contribution in [0.15, 0.2) is 47.4 Å². The third kappa shape index (κ3) is 4.86. The van der Waals surface area contributed by atoms with Gasteiger partial charge in [0.2, 0.25) is 15.8 Å². The van der Waals surface area contributed by atoms with Gasteiger partial charge in [0, 0.05) is 19.2 Å². The van der Waals surface area contributed by atoms with E-state index in [4.69, 9.17) is 9.47 Å². The van der Waals surface area contributed by atoms with Crippen LogP contribution >= 0.6 is 0 Å². The van der Waals surface area contributed by atoms with E-state index < -0.39 is 20.6 Å². The summed E-state index contributed by atoms with van der Waals surface area (Å²) in [4.78, 5) is 10.9. The first-order valence-corrected chi connectivity index (χ1v) is 11.1. The highest BCUT2D eigenvalue weighted by atomic mass is 32.2. The summed E-state index contributed by atoms with van der Waals surface area (Å²) in [6.45, 7) is 3.30. The van der Waals surface area contributed by atoms with Crippen molar-refractivity contribution >= 4 is 15.7 Å². The van der Waals surface area contributed by atoms with Crippen molar-refractivity contribution in [3.8, 4) is 17.2 Å². The monoisotopic (exact) mass is 420 g/mol. The van der Waals surface area contributed by atoms with E-state index in [1.165, 1.54) is 16.4 Å². The number of hydrogen-bond donors (Lipinski definition) is 0. The van der Waals surface area contributed by atoms with Crippen LogP contribution in [0.4, 0.5) is 5.69 Å². The quantitative estimate of drug-likeness (QED) is 0.465. The SMILES string of the molecule is CCCOc1ccccc1Oc1ccc(S(=O)(=O)N2CCCCC2)cc1[N+](=O)[O-]. The second-order valence-electron chi connectivity index (χ2n) is 6.75. The fourth-order valence-corrected chi connectivity index (χ4v) is 4.66. The van der Waals surface area contributed by atoms with Crippen LogP contribution in [0.1, 0.15) is 32.6 Å². The number of sulfonamides is 1. The molecule has 29 heavy (non-hydrogen) atoms. The Balaban J connectivity index is 1.93. The molecule has 8 nitrogen and oxygen atoms in total. The van der Waals surface area contributed by atoms with Crippen LogP contribution in [0.5, 0.6) is 17.2 Å². The number of nitro benzene ring substituents is 1. The number of piperidine rings is 1. The van der Waals surface area contributed by atoms with Gasteiger partial charge in [-0.1, -0.05) is 25.5 Å². The molecule has 1 aliphatic heterocycles. The number of nitro groups is 1. The molecule has 0 aliphatic carbocycles. The first kappa shape index (κ1) is 21.1. The molecule has 2 aromatic carbocycles. The first-order valence-electron chi connectivity index (χ1n) is 9.61. The lowest BCUT2D eigenvalue weighted by Gasteiger charge is -2.25. The van der Waals surface area contributed by atoms with Crippen LogP contribution in [0.3, 0.4) is 0 Å². The van der Waals surface area contributed by atoms with Crippen LogP contribution in [0.25, 0.3) is 0 Å². The van der Waals surface area contributed by atoms with Crippen molar-refractivity contribution in [2.45, 2.75) is 37.5 Å². The molecular formula is C20H24N2O6S. The van der Waals surface area contributed by atoms with Crippen molar-refractivity contribution in [3.05, 3.63) is 52.6 Å². The number of hydrogen-bond acceptors (Lipinski definition) is 6. The molecule has 0 aromatic heterocycles. The van der Waals surface area contributed by atoms with Crippen molar-refractivity contribution in [3.63, 3.8) is 0 Å². The van der Waals surface area contributed by atoms with E-state index in [-0.39, 0.29) is 10.6 Å². The Hall–Kier alpha value is -2.65. The molecule has 156 valence electrons. The minimum atomic E-state index is -3.78. The predicted octanol–water partition coefficient (Wildman–Crippen LogP) is 4.35. The number of para-hydroxylation sites is 2. The van der Waals surface area contributed by atoms with E-state index in [0.29, 0.717) is 31.2 Å². The van der Waals surface area contributed by atoms with Gasteiger partial charge in [-0.2, -0.15) is 4.31 Å². The van der Waals surface area contributed by atoms with Gasteiger partial charge >= 0.3 is 5.69 Å². The zero-order valence-electron chi connectivity index (χ0n) is 16.2. The Morgan fingerprint density at radius 1 is 1.03 bits per heavy atom. The lowest BCUT2D eigenvalue weighted by atomic mass is 10.2. The summed E-state index contributed by atoms with van der Waals surface area (Å²) >= 11 is 0. The van der Waals surface area contributed by atoms with Crippen LogP contribution in [-0.2, 0) is 10.0 Å². The van der Waals surface area contributed by atoms with Crippen molar-refractivity contribution in [2.24, 2.45) is 0 Å². The molecular weight excluding hydrogens is 396 g/mol. The van der Waals surface area contributed by atoms with Crippen molar-refractivity contribution in [1.29, 1.82) is 0 Å². The van der Waals surface area contributed by atoms with Gasteiger partial charge in [0.15, 0.2) is 11.5 Å². The van der Waals surface area contributed by atoms with Crippen molar-refractivity contribution in [2.75, 3.05) is 19.7 Å². The van der Waals surface area contributed by atoms with Crippen molar-refractivity contribution < 1.29 is 22.8 Å². The van der Waals surface area contributed by atoms with Gasteiger partial charge in [0.25, 0.3) is 0 Å². The molecule has 1 fully saturated rings. The summed E-state index contributed by atoms with van der Waals surface area (Å²) < 4.78 is 38.4. The summed E-state index contributed by atoms with van der Waals surface area (Å²) in [5, 5.41) is 11.6. The van der Waals surface area contributed by atoms with Gasteiger partial charge in [-0.25, -0.2) is 8.42 Å². The van der Waals surface area contributed by atoms with Crippen LogP contribution in [0.2, 0.25) is 0 Å². The summed E-state index contributed by atoms with van der Waals surface area (Å²) in [5.41, 5.74) is -0.409. The van der Waals surface area contributed by atoms with Gasteiger partial charge in [0.05, 0.1) is 16.4 Å². The Labute approximate surface area is 170 Å². The molecule has 9 heteroatoms. The standard InChI is InChI=1S/C20H24N2O6S/c1-2-14-27-19-8-4-5-9-20(19)28-18-11-10-16(15-17(18)22(23)24)29(25,26)21-12-6-3-7-13-21/h4-5,8-11,15H,2-3,6-7,12-14H2,1H3. The average molecular weight is 420 g/mol. The molecule has 0 saturated carbocycles. The Kier molecular flexibility index (Phi) is 6.71. The van der Waals surface area contributed by atoms with Gasteiger partial charge < -0.3 is 9.47 Å². The maximum Gasteiger partial charge on any atom is 0.312 e. The van der Waals surface area contributed by atoms with Crippen LogP contribution < -0.4 is 9.47 Å². The molecule has 0 atom stereocenters. The summed E-state index contributed by atoms with van der Waals surface area (Å²) in [6.07, 6.45) is 3.37. The molecule has 2 aromatic rings. The predicted molar refractivity (Wildman–Crippen MR) is 108 cm³/mol. The number of ether oxygens (including phenoxy) is 2. The molecule has 0 amide bonds. The lowest BCUT2D eigenvalue weighted by Crippen LogP contribution is -2.35. The highest BCUT2D eigenvalue weighted by Crippen LogP contribution is 2.38. The molecule has 1 heterocycles. The summed E-state index contributed by atoms with van der Waals surface area (Å²) in [6, 6.07) is 10.6. The molecule has 1 aliphatic rings. The highest BCUT2D eigenvalue weighted by molar-refractivity contribution is 7.89. The van der Waals surface area contributed by atoms with E-state index in [1.54, 1.807) is 24.3 Å². The number of benzene rings is 2. The molecule has 0 N–H and O–H groups in total. The van der Waals surface area contributed by atoms with E-state index in [0.717, 1.165) is 31.7 Å². The highest BCUT2D eigenvalue weighted by Gasteiger charge is 2.29. The fraction of sp³-hybridized carbons (Fsp3) is 0.400. The van der Waals surface area contributed by atoms with Gasteiger partial charge in [-0.3, -0.25) is 10.1 Å². The van der Waals surface area contributed by atoms with Crippen molar-refractivity contribution in [1.82, 2.24) is 4.31 Å². The third-order valence-corrected chi connectivity index (χ3v) is 6.51. The minimum Gasteiger partial charge on any atom is -0.490 e. The van der Waals surface area contributed by atoms with Crippen LogP contribution in [0, 0.1) is 10.1 Å².